The predicted molar refractivity (Wildman–Crippen MR) is 71.2 cm³/mol. The Morgan fingerprint density at radius 3 is 2.47 bits per heavy atom. The van der Waals surface area contributed by atoms with Gasteiger partial charge in [0.25, 0.3) is 0 Å². The van der Waals surface area contributed by atoms with E-state index >= 15 is 0 Å². The van der Waals surface area contributed by atoms with Gasteiger partial charge in [0.2, 0.25) is 0 Å². The molecular weight excluding hydrogens is 214 g/mol. The molecule has 0 aromatic rings. The molecule has 1 aliphatic rings. The third-order valence-corrected chi connectivity index (χ3v) is 4.07. The molecule has 1 fully saturated rings. The average molecular weight is 241 g/mol. The summed E-state index contributed by atoms with van der Waals surface area (Å²) in [4.78, 5) is 0. The first-order valence-electron chi connectivity index (χ1n) is 6.46. The molecule has 0 radical (unpaired) electrons. The fourth-order valence-electron chi connectivity index (χ4n) is 1.87. The molecule has 1 rings (SSSR count). The first-order chi connectivity index (χ1) is 7.79. The van der Waals surface area contributed by atoms with Crippen molar-refractivity contribution in [1.29, 1.82) is 0 Å². The standard InChI is InChI=1S/C13H27N3O/c1-10(12(2,3)4)8-15-9-13(5-6-13)7-11(14)16-17/h10,15,17H,5-9H2,1-4H3,(H2,14,16). The monoisotopic (exact) mass is 241 g/mol. The summed E-state index contributed by atoms with van der Waals surface area (Å²) in [6.07, 6.45) is 3.07. The molecule has 0 amide bonds. The zero-order chi connectivity index (χ0) is 13.1. The minimum Gasteiger partial charge on any atom is -0.409 e. The molecular formula is C13H27N3O. The number of oxime groups is 1. The number of hydrogen-bond donors (Lipinski definition) is 3. The van der Waals surface area contributed by atoms with Gasteiger partial charge in [0.15, 0.2) is 0 Å². The van der Waals surface area contributed by atoms with Crippen LogP contribution in [0.15, 0.2) is 5.16 Å². The highest BCUT2D eigenvalue weighted by atomic mass is 16.4. The number of rotatable bonds is 6. The van der Waals surface area contributed by atoms with Crippen LogP contribution in [0.5, 0.6) is 0 Å². The third kappa shape index (κ3) is 4.54. The van der Waals surface area contributed by atoms with Crippen molar-refractivity contribution in [1.82, 2.24) is 5.32 Å². The van der Waals surface area contributed by atoms with E-state index in [9.17, 15) is 0 Å². The predicted octanol–water partition coefficient (Wildman–Crippen LogP) is 2.17. The van der Waals surface area contributed by atoms with Crippen LogP contribution in [-0.4, -0.2) is 24.1 Å². The summed E-state index contributed by atoms with van der Waals surface area (Å²) in [7, 11) is 0. The lowest BCUT2D eigenvalue weighted by Gasteiger charge is -2.28. The summed E-state index contributed by atoms with van der Waals surface area (Å²) < 4.78 is 0. The van der Waals surface area contributed by atoms with Gasteiger partial charge in [-0.1, -0.05) is 32.9 Å². The fourth-order valence-corrected chi connectivity index (χ4v) is 1.87. The Kier molecular flexibility index (Phi) is 4.42. The molecule has 0 aromatic heterocycles. The van der Waals surface area contributed by atoms with E-state index in [0.29, 0.717) is 23.6 Å². The van der Waals surface area contributed by atoms with Crippen molar-refractivity contribution < 1.29 is 5.21 Å². The van der Waals surface area contributed by atoms with E-state index in [4.69, 9.17) is 10.9 Å². The Morgan fingerprint density at radius 2 is 2.06 bits per heavy atom. The summed E-state index contributed by atoms with van der Waals surface area (Å²) >= 11 is 0. The quantitative estimate of drug-likeness (QED) is 0.289. The first-order valence-corrected chi connectivity index (χ1v) is 6.46. The minimum absolute atomic E-state index is 0.258. The SMILES string of the molecule is CC(CNCC1(CC(N)=NO)CC1)C(C)(C)C. The van der Waals surface area contributed by atoms with Crippen LogP contribution in [0.1, 0.15) is 47.0 Å². The van der Waals surface area contributed by atoms with Crippen LogP contribution in [0.25, 0.3) is 0 Å². The molecule has 0 aromatic carbocycles. The smallest absolute Gasteiger partial charge is 0.139 e. The lowest BCUT2D eigenvalue weighted by atomic mass is 9.82. The van der Waals surface area contributed by atoms with E-state index in [2.05, 4.69) is 38.2 Å². The maximum Gasteiger partial charge on any atom is 0.139 e. The van der Waals surface area contributed by atoms with Gasteiger partial charge in [0, 0.05) is 13.0 Å². The number of hydrogen-bond acceptors (Lipinski definition) is 3. The van der Waals surface area contributed by atoms with Gasteiger partial charge in [-0.15, -0.1) is 0 Å². The molecule has 4 heteroatoms. The molecule has 1 saturated carbocycles. The summed E-state index contributed by atoms with van der Waals surface area (Å²) in [5, 5.41) is 15.2. The van der Waals surface area contributed by atoms with Crippen molar-refractivity contribution in [3.8, 4) is 0 Å². The number of nitrogens with two attached hydrogens (primary N) is 1. The Hall–Kier alpha value is -0.770. The minimum atomic E-state index is 0.258. The molecule has 0 saturated heterocycles. The van der Waals surface area contributed by atoms with E-state index < -0.39 is 0 Å². The van der Waals surface area contributed by atoms with E-state index in [-0.39, 0.29) is 5.41 Å². The maximum absolute atomic E-state index is 8.59. The molecule has 0 heterocycles. The van der Waals surface area contributed by atoms with E-state index in [1.165, 1.54) is 12.8 Å². The van der Waals surface area contributed by atoms with E-state index in [1.807, 2.05) is 0 Å². The van der Waals surface area contributed by atoms with Crippen molar-refractivity contribution in [2.45, 2.75) is 47.0 Å². The van der Waals surface area contributed by atoms with E-state index in [0.717, 1.165) is 13.1 Å². The molecule has 1 aliphatic carbocycles. The van der Waals surface area contributed by atoms with Crippen molar-refractivity contribution in [3.05, 3.63) is 0 Å². The molecule has 4 nitrogen and oxygen atoms in total. The Labute approximate surface area is 105 Å². The van der Waals surface area contributed by atoms with Crippen LogP contribution >= 0.6 is 0 Å². The molecule has 0 spiro atoms. The van der Waals surface area contributed by atoms with Gasteiger partial charge in [-0.05, 0) is 36.1 Å². The number of amidine groups is 1. The van der Waals surface area contributed by atoms with Crippen LogP contribution in [0.3, 0.4) is 0 Å². The molecule has 1 atom stereocenters. The Balaban J connectivity index is 2.27. The summed E-state index contributed by atoms with van der Waals surface area (Å²) in [5.74, 6) is 0.996. The zero-order valence-electron chi connectivity index (χ0n) is 11.6. The normalized spacial score (nSPS) is 21.3. The van der Waals surface area contributed by atoms with Crippen LogP contribution in [0.2, 0.25) is 0 Å². The summed E-state index contributed by atoms with van der Waals surface area (Å²) in [6.45, 7) is 11.1. The lowest BCUT2D eigenvalue weighted by molar-refractivity contribution is 0.247. The van der Waals surface area contributed by atoms with Crippen LogP contribution in [0, 0.1) is 16.7 Å². The molecule has 4 N–H and O–H groups in total. The fraction of sp³-hybridized carbons (Fsp3) is 0.923. The van der Waals surface area contributed by atoms with Gasteiger partial charge in [0.1, 0.15) is 5.84 Å². The summed E-state index contributed by atoms with van der Waals surface area (Å²) in [5.41, 5.74) is 6.17. The van der Waals surface area contributed by atoms with Gasteiger partial charge in [0.05, 0.1) is 0 Å². The third-order valence-electron chi connectivity index (χ3n) is 4.07. The molecule has 100 valence electrons. The first kappa shape index (κ1) is 14.3. The van der Waals surface area contributed by atoms with Crippen molar-refractivity contribution >= 4 is 5.84 Å². The number of nitrogens with zero attached hydrogens (tertiary/aromatic N) is 1. The molecule has 17 heavy (non-hydrogen) atoms. The Bertz CT molecular complexity index is 277. The van der Waals surface area contributed by atoms with Gasteiger partial charge >= 0.3 is 0 Å². The second-order valence-corrected chi connectivity index (χ2v) is 6.67. The zero-order valence-corrected chi connectivity index (χ0v) is 11.6. The highest BCUT2D eigenvalue weighted by molar-refractivity contribution is 5.80. The highest BCUT2D eigenvalue weighted by Gasteiger charge is 2.43. The van der Waals surface area contributed by atoms with Crippen LogP contribution < -0.4 is 11.1 Å². The van der Waals surface area contributed by atoms with Gasteiger partial charge in [-0.3, -0.25) is 0 Å². The van der Waals surface area contributed by atoms with Crippen molar-refractivity contribution in [2.24, 2.45) is 27.6 Å². The van der Waals surface area contributed by atoms with Gasteiger partial charge in [-0.2, -0.15) is 0 Å². The lowest BCUT2D eigenvalue weighted by Crippen LogP contribution is -2.34. The Morgan fingerprint density at radius 1 is 1.47 bits per heavy atom. The highest BCUT2D eigenvalue weighted by Crippen LogP contribution is 2.48. The average Bonchev–Trinajstić information content (AvgIpc) is 2.96. The second-order valence-electron chi connectivity index (χ2n) is 6.67. The van der Waals surface area contributed by atoms with Crippen LogP contribution in [0.4, 0.5) is 0 Å². The van der Waals surface area contributed by atoms with E-state index in [1.54, 1.807) is 0 Å². The molecule has 1 unspecified atom stereocenters. The summed E-state index contributed by atoms with van der Waals surface area (Å²) in [6, 6.07) is 0. The number of nitrogens with one attached hydrogen (secondary N) is 1. The van der Waals surface area contributed by atoms with Crippen molar-refractivity contribution in [2.75, 3.05) is 13.1 Å². The molecule has 0 bridgehead atoms. The second kappa shape index (κ2) is 5.25. The topological polar surface area (TPSA) is 70.6 Å². The maximum atomic E-state index is 8.59. The largest absolute Gasteiger partial charge is 0.409 e. The van der Waals surface area contributed by atoms with Crippen LogP contribution in [-0.2, 0) is 0 Å². The van der Waals surface area contributed by atoms with Crippen molar-refractivity contribution in [3.63, 3.8) is 0 Å². The van der Waals surface area contributed by atoms with Gasteiger partial charge < -0.3 is 16.3 Å². The molecule has 0 aliphatic heterocycles. The van der Waals surface area contributed by atoms with Gasteiger partial charge in [-0.25, -0.2) is 0 Å².